The highest BCUT2D eigenvalue weighted by Crippen LogP contribution is 2.36. The van der Waals surface area contributed by atoms with Crippen LogP contribution in [-0.2, 0) is 0 Å². The predicted molar refractivity (Wildman–Crippen MR) is 83.7 cm³/mol. The summed E-state index contributed by atoms with van der Waals surface area (Å²) in [7, 11) is 0. The van der Waals surface area contributed by atoms with Crippen LogP contribution in [0.1, 0.15) is 6.04 Å². The van der Waals surface area contributed by atoms with E-state index in [-0.39, 0.29) is 11.5 Å². The lowest BCUT2D eigenvalue weighted by molar-refractivity contribution is 0.184. The fourth-order valence-corrected chi connectivity index (χ4v) is 3.15. The van der Waals surface area contributed by atoms with Crippen LogP contribution in [0.2, 0.25) is 0 Å². The van der Waals surface area contributed by atoms with E-state index in [9.17, 15) is 9.90 Å². The molecule has 7 nitrogen and oxygen atoms in total. The molecule has 2 heterocycles. The molecule has 0 bridgehead atoms. The molecule has 2 aromatic rings. The molecule has 1 unspecified atom stereocenters. The van der Waals surface area contributed by atoms with Gasteiger partial charge in [-0.25, -0.2) is 4.98 Å². The largest absolute Gasteiger partial charge is 0.386 e. The number of aliphatic hydroxyl groups is 1. The fraction of sp³-hybridized carbons (Fsp3) is 0.250. The summed E-state index contributed by atoms with van der Waals surface area (Å²) in [5, 5.41) is 10.2. The topological polar surface area (TPSA) is 110 Å². The van der Waals surface area contributed by atoms with Gasteiger partial charge in [0, 0.05) is 4.43 Å². The Labute approximate surface area is 127 Å². The highest BCUT2D eigenvalue weighted by atomic mass is 127. The highest BCUT2D eigenvalue weighted by molar-refractivity contribution is 14.1. The van der Waals surface area contributed by atoms with Gasteiger partial charge >= 0.3 is 0 Å². The van der Waals surface area contributed by atoms with E-state index in [1.807, 2.05) is 0 Å². The molecule has 1 aliphatic carbocycles. The van der Waals surface area contributed by atoms with Crippen molar-refractivity contribution >= 4 is 39.7 Å². The number of alkyl halides is 1. The van der Waals surface area contributed by atoms with Crippen molar-refractivity contribution < 1.29 is 5.11 Å². The van der Waals surface area contributed by atoms with E-state index in [0.29, 0.717) is 5.65 Å². The Bertz CT molecular complexity index is 791. The second-order valence-corrected chi connectivity index (χ2v) is 5.32. The number of nitrogens with zero attached hydrogens (tertiary/aromatic N) is 3. The molecule has 2 atom stereocenters. The number of fused-ring (bicyclic) bond motifs is 1. The smallest absolute Gasteiger partial charge is 0.280 e. The van der Waals surface area contributed by atoms with E-state index in [1.54, 1.807) is 10.6 Å². The lowest BCUT2D eigenvalue weighted by atomic mass is 10.1. The Kier molecular flexibility index (Phi) is 3.13. The van der Waals surface area contributed by atoms with Crippen molar-refractivity contribution in [3.63, 3.8) is 0 Å². The number of rotatable bonds is 2. The molecule has 2 aromatic heterocycles. The molecule has 0 radical (unpaired) electrons. The zero-order chi connectivity index (χ0) is 14.4. The second-order valence-electron chi connectivity index (χ2n) is 4.56. The average Bonchev–Trinajstić information content (AvgIpc) is 2.91. The van der Waals surface area contributed by atoms with Crippen LogP contribution in [0.3, 0.4) is 0 Å². The number of aliphatic hydroxyl groups excluding tert-OH is 1. The number of allylic oxidation sites excluding steroid dienone is 1. The van der Waals surface area contributed by atoms with Gasteiger partial charge in [0.25, 0.3) is 5.56 Å². The number of anilines is 1. The van der Waals surface area contributed by atoms with Gasteiger partial charge in [-0.15, -0.1) is 0 Å². The minimum Gasteiger partial charge on any atom is -0.386 e. The standard InChI is InChI=1S/C12H12IN5O2/c1-5-6(3-13)2-7(19)9(5)18-4-15-8-10(18)16-12(14)17-11(8)20/h2,4,7,9,19H,1,3H2,(H3,14,16,17,20)/t7?,9-/m1/s1. The Morgan fingerprint density at radius 1 is 1.60 bits per heavy atom. The van der Waals surface area contributed by atoms with Gasteiger partial charge in [-0.1, -0.05) is 29.2 Å². The van der Waals surface area contributed by atoms with Gasteiger partial charge in [0.05, 0.1) is 18.5 Å². The molecule has 104 valence electrons. The van der Waals surface area contributed by atoms with Gasteiger partial charge in [-0.05, 0) is 17.2 Å². The first-order valence-electron chi connectivity index (χ1n) is 5.89. The minimum absolute atomic E-state index is 0.0180. The molecule has 0 saturated carbocycles. The number of hydrogen-bond acceptors (Lipinski definition) is 5. The molecule has 4 N–H and O–H groups in total. The summed E-state index contributed by atoms with van der Waals surface area (Å²) in [5.41, 5.74) is 7.50. The number of aromatic amines is 1. The molecule has 0 amide bonds. The average molecular weight is 385 g/mol. The minimum atomic E-state index is -0.716. The van der Waals surface area contributed by atoms with Crippen molar-refractivity contribution in [2.24, 2.45) is 0 Å². The maximum absolute atomic E-state index is 11.8. The lowest BCUT2D eigenvalue weighted by Gasteiger charge is -2.18. The maximum Gasteiger partial charge on any atom is 0.280 e. The summed E-state index contributed by atoms with van der Waals surface area (Å²) < 4.78 is 2.40. The summed E-state index contributed by atoms with van der Waals surface area (Å²) in [6, 6.07) is -0.404. The number of hydrogen-bond donors (Lipinski definition) is 3. The van der Waals surface area contributed by atoms with Gasteiger partial charge in [-0.2, -0.15) is 4.98 Å². The van der Waals surface area contributed by atoms with Crippen molar-refractivity contribution in [1.29, 1.82) is 0 Å². The SMILES string of the molecule is C=C1C(CI)=CC(O)[C@@H]1n1cnc2c(=O)[nH]c(N)nc21. The van der Waals surface area contributed by atoms with Crippen molar-refractivity contribution in [3.05, 3.63) is 40.5 Å². The third-order valence-corrected chi connectivity index (χ3v) is 4.18. The summed E-state index contributed by atoms with van der Waals surface area (Å²) >= 11 is 2.22. The first kappa shape index (κ1) is 13.3. The van der Waals surface area contributed by atoms with Crippen molar-refractivity contribution in [2.45, 2.75) is 12.1 Å². The van der Waals surface area contributed by atoms with Crippen LogP contribution >= 0.6 is 22.6 Å². The van der Waals surface area contributed by atoms with E-state index < -0.39 is 17.7 Å². The Hall–Kier alpha value is -1.68. The van der Waals surface area contributed by atoms with E-state index >= 15 is 0 Å². The number of H-pyrrole nitrogens is 1. The number of nitrogens with one attached hydrogen (secondary N) is 1. The molecular weight excluding hydrogens is 373 g/mol. The van der Waals surface area contributed by atoms with Crippen molar-refractivity contribution in [2.75, 3.05) is 10.2 Å². The number of nitrogen functional groups attached to an aromatic ring is 1. The Morgan fingerprint density at radius 2 is 2.35 bits per heavy atom. The van der Waals surface area contributed by atoms with Crippen LogP contribution in [0.25, 0.3) is 11.2 Å². The maximum atomic E-state index is 11.8. The molecular formula is C12H12IN5O2. The van der Waals surface area contributed by atoms with Crippen LogP contribution in [-0.4, -0.2) is 35.2 Å². The van der Waals surface area contributed by atoms with Crippen LogP contribution in [0.4, 0.5) is 5.95 Å². The molecule has 0 aliphatic heterocycles. The lowest BCUT2D eigenvalue weighted by Crippen LogP contribution is -2.20. The first-order valence-corrected chi connectivity index (χ1v) is 7.41. The summed E-state index contributed by atoms with van der Waals surface area (Å²) in [4.78, 5) is 22.3. The monoisotopic (exact) mass is 385 g/mol. The van der Waals surface area contributed by atoms with Crippen LogP contribution < -0.4 is 11.3 Å². The quantitative estimate of drug-likeness (QED) is 0.516. The zero-order valence-electron chi connectivity index (χ0n) is 10.4. The molecule has 20 heavy (non-hydrogen) atoms. The molecule has 0 fully saturated rings. The summed E-state index contributed by atoms with van der Waals surface area (Å²) in [5.74, 6) is 0.0180. The van der Waals surface area contributed by atoms with Gasteiger partial charge < -0.3 is 15.4 Å². The zero-order valence-corrected chi connectivity index (χ0v) is 12.5. The van der Waals surface area contributed by atoms with Crippen molar-refractivity contribution in [1.82, 2.24) is 19.5 Å². The van der Waals surface area contributed by atoms with E-state index in [2.05, 4.69) is 44.1 Å². The number of imidazole rings is 1. The van der Waals surface area contributed by atoms with Crippen LogP contribution in [0, 0.1) is 0 Å². The van der Waals surface area contributed by atoms with Crippen molar-refractivity contribution in [3.8, 4) is 0 Å². The van der Waals surface area contributed by atoms with E-state index in [4.69, 9.17) is 5.73 Å². The first-order chi connectivity index (χ1) is 9.52. The highest BCUT2D eigenvalue weighted by Gasteiger charge is 2.32. The number of aromatic nitrogens is 4. The summed E-state index contributed by atoms with van der Waals surface area (Å²) in [6.07, 6.45) is 2.53. The van der Waals surface area contributed by atoms with Crippen LogP contribution in [0.5, 0.6) is 0 Å². The Morgan fingerprint density at radius 3 is 3.00 bits per heavy atom. The third kappa shape index (κ3) is 1.86. The molecule has 8 heteroatoms. The second kappa shape index (κ2) is 4.70. The molecule has 0 saturated heterocycles. The normalized spacial score (nSPS) is 22.5. The molecule has 0 spiro atoms. The fourth-order valence-electron chi connectivity index (χ4n) is 2.41. The predicted octanol–water partition coefficient (Wildman–Crippen LogP) is 0.535. The van der Waals surface area contributed by atoms with Gasteiger partial charge in [0.2, 0.25) is 5.95 Å². The molecule has 0 aromatic carbocycles. The van der Waals surface area contributed by atoms with Crippen LogP contribution in [0.15, 0.2) is 34.9 Å². The third-order valence-electron chi connectivity index (χ3n) is 3.36. The van der Waals surface area contributed by atoms with Gasteiger partial charge in [-0.3, -0.25) is 9.78 Å². The Balaban J connectivity index is 2.17. The molecule has 1 aliphatic rings. The van der Waals surface area contributed by atoms with Gasteiger partial charge in [0.1, 0.15) is 0 Å². The number of nitrogens with two attached hydrogens (primary N) is 1. The van der Waals surface area contributed by atoms with E-state index in [1.165, 1.54) is 6.33 Å². The van der Waals surface area contributed by atoms with E-state index in [0.717, 1.165) is 15.6 Å². The molecule has 3 rings (SSSR count). The summed E-state index contributed by atoms with van der Waals surface area (Å²) in [6.45, 7) is 4.02. The van der Waals surface area contributed by atoms with Gasteiger partial charge in [0.15, 0.2) is 11.2 Å². The number of halogens is 1.